The predicted molar refractivity (Wildman–Crippen MR) is 40.3 cm³/mol. The number of halogens is 5. The normalized spacial score (nSPS) is 12.1. The summed E-state index contributed by atoms with van der Waals surface area (Å²) in [7, 11) is 0. The Labute approximate surface area is 80.3 Å². The van der Waals surface area contributed by atoms with Crippen LogP contribution in [0.5, 0.6) is 5.75 Å². The molecule has 1 aromatic rings. The quantitative estimate of drug-likeness (QED) is 0.725. The summed E-state index contributed by atoms with van der Waals surface area (Å²) in [6, 6.07) is 0.495. The standard InChI is InChI=1S/C7H5F5N2O/c8-6(9)2-1-3(13)14-5(4(2)15)7(10,11)12/h1,6,15H,(H2,13,14). The van der Waals surface area contributed by atoms with E-state index in [1.165, 1.54) is 0 Å². The van der Waals surface area contributed by atoms with Gasteiger partial charge in [0.25, 0.3) is 6.43 Å². The molecule has 15 heavy (non-hydrogen) atoms. The Morgan fingerprint density at radius 1 is 1.33 bits per heavy atom. The Bertz CT molecular complexity index is 376. The predicted octanol–water partition coefficient (Wildman–Crippen LogP) is 2.33. The second-order valence-corrected chi connectivity index (χ2v) is 2.63. The van der Waals surface area contributed by atoms with E-state index in [0.717, 1.165) is 0 Å². The maximum Gasteiger partial charge on any atom is 0.437 e. The number of pyridine rings is 1. The first-order valence-corrected chi connectivity index (χ1v) is 3.58. The van der Waals surface area contributed by atoms with Crippen molar-refractivity contribution in [1.29, 1.82) is 0 Å². The summed E-state index contributed by atoms with van der Waals surface area (Å²) in [6.07, 6.45) is -8.28. The molecule has 3 N–H and O–H groups in total. The number of aromatic nitrogens is 1. The molecule has 84 valence electrons. The number of hydrogen-bond acceptors (Lipinski definition) is 3. The van der Waals surface area contributed by atoms with Crippen LogP contribution in [-0.2, 0) is 6.18 Å². The number of anilines is 1. The third-order valence-electron chi connectivity index (χ3n) is 1.55. The molecule has 1 aromatic heterocycles. The lowest BCUT2D eigenvalue weighted by atomic mass is 10.2. The van der Waals surface area contributed by atoms with Gasteiger partial charge in [-0.1, -0.05) is 0 Å². The lowest BCUT2D eigenvalue weighted by Crippen LogP contribution is -2.11. The Balaban J connectivity index is 3.42. The van der Waals surface area contributed by atoms with Gasteiger partial charge in [-0.25, -0.2) is 13.8 Å². The molecule has 0 aliphatic heterocycles. The van der Waals surface area contributed by atoms with Crippen molar-refractivity contribution in [3.05, 3.63) is 17.3 Å². The van der Waals surface area contributed by atoms with Gasteiger partial charge in [-0.3, -0.25) is 0 Å². The van der Waals surface area contributed by atoms with Crippen LogP contribution < -0.4 is 5.73 Å². The minimum absolute atomic E-state index is 0.495. The van der Waals surface area contributed by atoms with E-state index in [4.69, 9.17) is 10.8 Å². The van der Waals surface area contributed by atoms with Crippen LogP contribution in [0.4, 0.5) is 27.8 Å². The molecule has 1 rings (SSSR count). The summed E-state index contributed by atoms with van der Waals surface area (Å²) in [4.78, 5) is 2.76. The van der Waals surface area contributed by atoms with Gasteiger partial charge in [0.2, 0.25) is 0 Å². The number of nitrogens with zero attached hydrogens (tertiary/aromatic N) is 1. The van der Waals surface area contributed by atoms with Gasteiger partial charge in [-0.05, 0) is 6.07 Å². The number of aromatic hydroxyl groups is 1. The lowest BCUT2D eigenvalue weighted by molar-refractivity contribution is -0.142. The summed E-state index contributed by atoms with van der Waals surface area (Å²) in [6.45, 7) is 0. The third kappa shape index (κ3) is 2.25. The summed E-state index contributed by atoms with van der Waals surface area (Å²) in [5.41, 5.74) is 1.91. The monoisotopic (exact) mass is 228 g/mol. The molecular weight excluding hydrogens is 223 g/mol. The molecule has 0 spiro atoms. The zero-order chi connectivity index (χ0) is 11.8. The minimum Gasteiger partial charge on any atom is -0.505 e. The highest BCUT2D eigenvalue weighted by Gasteiger charge is 2.38. The first kappa shape index (κ1) is 11.5. The van der Waals surface area contributed by atoms with E-state index in [-0.39, 0.29) is 0 Å². The molecular formula is C7H5F5N2O. The maximum absolute atomic E-state index is 12.2. The highest BCUT2D eigenvalue weighted by atomic mass is 19.4. The van der Waals surface area contributed by atoms with E-state index in [1.54, 1.807) is 0 Å². The first-order valence-electron chi connectivity index (χ1n) is 3.58. The molecule has 0 atom stereocenters. The molecule has 0 aliphatic rings. The van der Waals surface area contributed by atoms with Crippen LogP contribution in [0, 0.1) is 0 Å². The molecule has 0 bridgehead atoms. The molecule has 0 fully saturated rings. The fourth-order valence-corrected chi connectivity index (χ4v) is 0.943. The fourth-order valence-electron chi connectivity index (χ4n) is 0.943. The van der Waals surface area contributed by atoms with E-state index in [2.05, 4.69) is 4.98 Å². The average Bonchev–Trinajstić information content (AvgIpc) is 2.06. The van der Waals surface area contributed by atoms with Crippen molar-refractivity contribution in [3.63, 3.8) is 0 Å². The van der Waals surface area contributed by atoms with E-state index in [0.29, 0.717) is 6.07 Å². The molecule has 0 saturated carbocycles. The number of rotatable bonds is 1. The van der Waals surface area contributed by atoms with Gasteiger partial charge in [0.05, 0.1) is 5.56 Å². The summed E-state index contributed by atoms with van der Waals surface area (Å²) < 4.78 is 60.8. The summed E-state index contributed by atoms with van der Waals surface area (Å²) in [5.74, 6) is -2.32. The fraction of sp³-hybridized carbons (Fsp3) is 0.286. The summed E-state index contributed by atoms with van der Waals surface area (Å²) >= 11 is 0. The molecule has 0 radical (unpaired) electrons. The first-order chi connectivity index (χ1) is 6.73. The molecule has 0 amide bonds. The van der Waals surface area contributed by atoms with Crippen LogP contribution in [0.15, 0.2) is 6.07 Å². The van der Waals surface area contributed by atoms with Gasteiger partial charge in [0, 0.05) is 0 Å². The van der Waals surface area contributed by atoms with Gasteiger partial charge >= 0.3 is 6.18 Å². The topological polar surface area (TPSA) is 59.1 Å². The van der Waals surface area contributed by atoms with Crippen LogP contribution in [-0.4, -0.2) is 10.1 Å². The Kier molecular flexibility index (Phi) is 2.69. The maximum atomic E-state index is 12.2. The Morgan fingerprint density at radius 3 is 2.27 bits per heavy atom. The lowest BCUT2D eigenvalue weighted by Gasteiger charge is -2.11. The van der Waals surface area contributed by atoms with Gasteiger partial charge in [-0.2, -0.15) is 13.2 Å². The van der Waals surface area contributed by atoms with Crippen molar-refractivity contribution in [2.75, 3.05) is 5.73 Å². The number of hydrogen-bond donors (Lipinski definition) is 2. The van der Waals surface area contributed by atoms with Crippen LogP contribution in [0.2, 0.25) is 0 Å². The number of alkyl halides is 5. The second-order valence-electron chi connectivity index (χ2n) is 2.63. The van der Waals surface area contributed by atoms with Crippen molar-refractivity contribution in [3.8, 4) is 5.75 Å². The molecule has 0 aromatic carbocycles. The number of nitrogens with two attached hydrogens (primary N) is 1. The minimum atomic E-state index is -5.02. The largest absolute Gasteiger partial charge is 0.505 e. The van der Waals surface area contributed by atoms with Crippen LogP contribution in [0.3, 0.4) is 0 Å². The smallest absolute Gasteiger partial charge is 0.437 e. The van der Waals surface area contributed by atoms with Gasteiger partial charge in [-0.15, -0.1) is 0 Å². The van der Waals surface area contributed by atoms with Crippen molar-refractivity contribution in [2.24, 2.45) is 0 Å². The molecule has 0 saturated heterocycles. The van der Waals surface area contributed by atoms with E-state index >= 15 is 0 Å². The third-order valence-corrected chi connectivity index (χ3v) is 1.55. The summed E-state index contributed by atoms with van der Waals surface area (Å²) in [5, 5.41) is 8.90. The van der Waals surface area contributed by atoms with E-state index in [9.17, 15) is 22.0 Å². The van der Waals surface area contributed by atoms with Crippen LogP contribution in [0.1, 0.15) is 17.7 Å². The molecule has 0 unspecified atom stereocenters. The SMILES string of the molecule is Nc1cc(C(F)F)c(O)c(C(F)(F)F)n1. The van der Waals surface area contributed by atoms with Crippen molar-refractivity contribution in [2.45, 2.75) is 12.6 Å². The zero-order valence-electron chi connectivity index (χ0n) is 7.02. The van der Waals surface area contributed by atoms with Crippen molar-refractivity contribution in [1.82, 2.24) is 4.98 Å². The Morgan fingerprint density at radius 2 is 1.87 bits per heavy atom. The van der Waals surface area contributed by atoms with Gasteiger partial charge in [0.15, 0.2) is 11.4 Å². The highest BCUT2D eigenvalue weighted by Crippen LogP contribution is 2.39. The van der Waals surface area contributed by atoms with Crippen molar-refractivity contribution >= 4 is 5.82 Å². The molecule has 8 heteroatoms. The van der Waals surface area contributed by atoms with E-state index in [1.807, 2.05) is 0 Å². The second kappa shape index (κ2) is 3.52. The van der Waals surface area contributed by atoms with Crippen LogP contribution >= 0.6 is 0 Å². The van der Waals surface area contributed by atoms with Crippen molar-refractivity contribution < 1.29 is 27.1 Å². The number of nitrogen functional groups attached to an aromatic ring is 1. The Hall–Kier alpha value is -1.60. The average molecular weight is 228 g/mol. The van der Waals surface area contributed by atoms with Crippen LogP contribution in [0.25, 0.3) is 0 Å². The van der Waals surface area contributed by atoms with E-state index < -0.39 is 35.4 Å². The molecule has 3 nitrogen and oxygen atoms in total. The van der Waals surface area contributed by atoms with Gasteiger partial charge in [0.1, 0.15) is 5.82 Å². The van der Waals surface area contributed by atoms with Gasteiger partial charge < -0.3 is 10.8 Å². The highest BCUT2D eigenvalue weighted by molar-refractivity contribution is 5.46. The molecule has 0 aliphatic carbocycles. The zero-order valence-corrected chi connectivity index (χ0v) is 7.02. The molecule has 1 heterocycles.